The fraction of sp³-hybridized carbons (Fsp3) is 0.296. The Labute approximate surface area is 217 Å². The minimum Gasteiger partial charge on any atom is -0.444 e. The summed E-state index contributed by atoms with van der Waals surface area (Å²) in [5, 5.41) is 4.69. The third kappa shape index (κ3) is 7.61. The van der Waals surface area contributed by atoms with Gasteiger partial charge in [0.05, 0.1) is 40.9 Å². The van der Waals surface area contributed by atoms with Crippen molar-refractivity contribution in [1.82, 2.24) is 9.97 Å². The second-order valence-corrected chi connectivity index (χ2v) is 9.61. The molecule has 0 unspecified atom stereocenters. The monoisotopic (exact) mass is 528 g/mol. The van der Waals surface area contributed by atoms with Gasteiger partial charge >= 0.3 is 12.3 Å². The largest absolute Gasteiger partial charge is 0.444 e. The van der Waals surface area contributed by atoms with Crippen LogP contribution in [0.15, 0.2) is 48.8 Å². The van der Waals surface area contributed by atoms with Crippen molar-refractivity contribution in [3.05, 3.63) is 71.2 Å². The van der Waals surface area contributed by atoms with E-state index in [4.69, 9.17) is 4.74 Å². The minimum absolute atomic E-state index is 0.106. The Kier molecular flexibility index (Phi) is 8.19. The number of carbonyl (C=O) groups is 3. The molecule has 3 rings (SSSR count). The predicted molar refractivity (Wildman–Crippen MR) is 136 cm³/mol. The first kappa shape index (κ1) is 28.3. The minimum atomic E-state index is -4.71. The number of nitrogens with one attached hydrogen (secondary N) is 2. The lowest BCUT2D eigenvalue weighted by Gasteiger charge is -2.21. The Morgan fingerprint density at radius 1 is 0.947 bits per heavy atom. The van der Waals surface area contributed by atoms with Crippen molar-refractivity contribution in [1.29, 1.82) is 0 Å². The van der Waals surface area contributed by atoms with Gasteiger partial charge in [0.15, 0.2) is 5.78 Å². The molecule has 0 aliphatic heterocycles. The van der Waals surface area contributed by atoms with E-state index in [1.807, 2.05) is 0 Å². The molecule has 2 aromatic carbocycles. The summed E-state index contributed by atoms with van der Waals surface area (Å²) < 4.78 is 45.8. The summed E-state index contributed by atoms with van der Waals surface area (Å²) in [5.74, 6) is -1.42. The topological polar surface area (TPSA) is 110 Å². The number of benzene rings is 2. The zero-order valence-corrected chi connectivity index (χ0v) is 21.5. The molecule has 1 aromatic heterocycles. The quantitative estimate of drug-likeness (QED) is 0.285. The van der Waals surface area contributed by atoms with E-state index in [0.717, 1.165) is 6.07 Å². The maximum Gasteiger partial charge on any atom is 0.416 e. The van der Waals surface area contributed by atoms with Crippen molar-refractivity contribution in [2.75, 3.05) is 10.6 Å². The van der Waals surface area contributed by atoms with Gasteiger partial charge < -0.3 is 10.1 Å². The second-order valence-electron chi connectivity index (χ2n) is 9.61. The number of anilines is 2. The maximum atomic E-state index is 13.5. The Morgan fingerprint density at radius 3 is 2.26 bits per heavy atom. The van der Waals surface area contributed by atoms with Gasteiger partial charge in [-0.2, -0.15) is 13.2 Å². The summed E-state index contributed by atoms with van der Waals surface area (Å²) in [6, 6.07) is 8.23. The highest BCUT2D eigenvalue weighted by atomic mass is 19.4. The van der Waals surface area contributed by atoms with Crippen molar-refractivity contribution >= 4 is 29.2 Å². The van der Waals surface area contributed by atoms with Crippen LogP contribution < -0.4 is 10.6 Å². The van der Waals surface area contributed by atoms with Crippen LogP contribution in [-0.2, 0) is 15.7 Å². The highest BCUT2D eigenvalue weighted by Gasteiger charge is 2.34. The van der Waals surface area contributed by atoms with Crippen molar-refractivity contribution in [3.8, 4) is 11.3 Å². The highest BCUT2D eigenvalue weighted by molar-refractivity contribution is 6.12. The van der Waals surface area contributed by atoms with Crippen LogP contribution in [0.4, 0.5) is 29.3 Å². The molecular weight excluding hydrogens is 501 g/mol. The summed E-state index contributed by atoms with van der Waals surface area (Å²) in [5.41, 5.74) is -0.403. The van der Waals surface area contributed by atoms with Gasteiger partial charge in [-0.25, -0.2) is 9.78 Å². The van der Waals surface area contributed by atoms with Gasteiger partial charge in [0, 0.05) is 17.3 Å². The van der Waals surface area contributed by atoms with Crippen molar-refractivity contribution in [2.45, 2.75) is 52.8 Å². The lowest BCUT2D eigenvalue weighted by molar-refractivity contribution is -0.138. The first-order valence-electron chi connectivity index (χ1n) is 11.6. The standard InChI is InChI=1S/C27H27F3N4O4/c1-15-9-20(34-25(37)38-26(3,4)5)21(11-19(15)27(28,29)30)33-24(36)12-23(35)18-8-6-7-17(10-18)22-14-31-13-16(2)32-22/h6-11,13-14H,12H2,1-5H3,(H,33,36)(H,34,37). The molecule has 2 N–H and O–H groups in total. The van der Waals surface area contributed by atoms with E-state index in [1.165, 1.54) is 19.2 Å². The average molecular weight is 529 g/mol. The van der Waals surface area contributed by atoms with Crippen LogP contribution in [0.5, 0.6) is 0 Å². The van der Waals surface area contributed by atoms with E-state index in [9.17, 15) is 27.6 Å². The Bertz CT molecular complexity index is 1380. The molecule has 3 aromatic rings. The molecule has 0 fully saturated rings. The zero-order chi connectivity index (χ0) is 28.3. The lowest BCUT2D eigenvalue weighted by Crippen LogP contribution is -2.28. The van der Waals surface area contributed by atoms with E-state index >= 15 is 0 Å². The summed E-state index contributed by atoms with van der Waals surface area (Å²) in [7, 11) is 0. The van der Waals surface area contributed by atoms with Gasteiger partial charge in [-0.3, -0.25) is 19.9 Å². The number of amides is 2. The molecule has 2 amide bonds. The average Bonchev–Trinajstić information content (AvgIpc) is 2.78. The van der Waals surface area contributed by atoms with Crippen LogP contribution in [0.25, 0.3) is 11.3 Å². The molecular formula is C27H27F3N4O4. The number of alkyl halides is 3. The van der Waals surface area contributed by atoms with Crippen LogP contribution in [-0.4, -0.2) is 33.4 Å². The number of hydrogen-bond acceptors (Lipinski definition) is 6. The first-order chi connectivity index (χ1) is 17.6. The summed E-state index contributed by atoms with van der Waals surface area (Å²) >= 11 is 0. The summed E-state index contributed by atoms with van der Waals surface area (Å²) in [6.45, 7) is 7.87. The number of halogens is 3. The SMILES string of the molecule is Cc1cncc(-c2cccc(C(=O)CC(=O)Nc3cc(C(F)(F)F)c(C)cc3NC(=O)OC(C)(C)C)c2)n1. The third-order valence-corrected chi connectivity index (χ3v) is 5.14. The molecule has 0 bridgehead atoms. The zero-order valence-electron chi connectivity index (χ0n) is 21.5. The van der Waals surface area contributed by atoms with E-state index in [-0.39, 0.29) is 22.5 Å². The van der Waals surface area contributed by atoms with Gasteiger partial charge in [0.1, 0.15) is 5.60 Å². The smallest absolute Gasteiger partial charge is 0.416 e. The molecule has 0 aliphatic rings. The van der Waals surface area contributed by atoms with E-state index in [2.05, 4.69) is 20.6 Å². The lowest BCUT2D eigenvalue weighted by atomic mass is 10.0. The van der Waals surface area contributed by atoms with Crippen LogP contribution >= 0.6 is 0 Å². The molecule has 0 spiro atoms. The van der Waals surface area contributed by atoms with Crippen molar-refractivity contribution in [2.24, 2.45) is 0 Å². The Balaban J connectivity index is 1.83. The number of aromatic nitrogens is 2. The van der Waals surface area contributed by atoms with Gasteiger partial charge in [-0.15, -0.1) is 0 Å². The number of aryl methyl sites for hydroxylation is 2. The number of nitrogens with zero attached hydrogens (tertiary/aromatic N) is 2. The maximum absolute atomic E-state index is 13.5. The van der Waals surface area contributed by atoms with Gasteiger partial charge in [0.2, 0.25) is 5.91 Å². The summed E-state index contributed by atoms with van der Waals surface area (Å²) in [6.07, 6.45) is -3.14. The molecule has 11 heteroatoms. The second kappa shape index (κ2) is 11.0. The van der Waals surface area contributed by atoms with E-state index < -0.39 is 41.5 Å². The van der Waals surface area contributed by atoms with Gasteiger partial charge in [-0.05, 0) is 58.4 Å². The van der Waals surface area contributed by atoms with Crippen molar-refractivity contribution in [3.63, 3.8) is 0 Å². The number of Topliss-reactive ketones (excluding diaryl/α,β-unsaturated/α-hetero) is 1. The molecule has 200 valence electrons. The number of ketones is 1. The Hall–Kier alpha value is -4.28. The fourth-order valence-electron chi connectivity index (χ4n) is 3.53. The molecule has 1 heterocycles. The molecule has 38 heavy (non-hydrogen) atoms. The van der Waals surface area contributed by atoms with Crippen LogP contribution in [0, 0.1) is 13.8 Å². The van der Waals surface area contributed by atoms with Crippen LogP contribution in [0.1, 0.15) is 54.4 Å². The third-order valence-electron chi connectivity index (χ3n) is 5.14. The number of carbonyl (C=O) groups excluding carboxylic acids is 3. The molecule has 0 aliphatic carbocycles. The molecule has 0 radical (unpaired) electrons. The van der Waals surface area contributed by atoms with Gasteiger partial charge in [0.25, 0.3) is 0 Å². The molecule has 0 saturated heterocycles. The highest BCUT2D eigenvalue weighted by Crippen LogP contribution is 2.37. The molecule has 0 atom stereocenters. The fourth-order valence-corrected chi connectivity index (χ4v) is 3.53. The van der Waals surface area contributed by atoms with Crippen LogP contribution in [0.2, 0.25) is 0 Å². The normalized spacial score (nSPS) is 11.6. The predicted octanol–water partition coefficient (Wildman–Crippen LogP) is 6.34. The van der Waals surface area contributed by atoms with Crippen LogP contribution in [0.3, 0.4) is 0 Å². The van der Waals surface area contributed by atoms with E-state index in [1.54, 1.807) is 52.1 Å². The van der Waals surface area contributed by atoms with Crippen molar-refractivity contribution < 1.29 is 32.3 Å². The number of rotatable bonds is 6. The molecule has 8 nitrogen and oxygen atoms in total. The first-order valence-corrected chi connectivity index (χ1v) is 11.6. The number of ether oxygens (including phenoxy) is 1. The molecule has 0 saturated carbocycles. The van der Waals surface area contributed by atoms with E-state index in [0.29, 0.717) is 23.0 Å². The Morgan fingerprint density at radius 2 is 1.63 bits per heavy atom. The van der Waals surface area contributed by atoms with Gasteiger partial charge in [-0.1, -0.05) is 18.2 Å². The number of hydrogen-bond donors (Lipinski definition) is 2. The summed E-state index contributed by atoms with van der Waals surface area (Å²) in [4.78, 5) is 46.3.